The van der Waals surface area contributed by atoms with E-state index in [9.17, 15) is 9.36 Å². The largest absolute Gasteiger partial charge is 0.494 e. The van der Waals surface area contributed by atoms with Crippen LogP contribution in [0.3, 0.4) is 0 Å². The second-order valence-corrected chi connectivity index (χ2v) is 15.2. The van der Waals surface area contributed by atoms with E-state index >= 15 is 0 Å². The predicted molar refractivity (Wildman–Crippen MR) is 178 cm³/mol. The van der Waals surface area contributed by atoms with Crippen LogP contribution in [0.1, 0.15) is 19.3 Å². The number of amides is 1. The minimum atomic E-state index is -2.53. The van der Waals surface area contributed by atoms with Gasteiger partial charge in [0.15, 0.2) is 5.82 Å². The molecule has 3 heterocycles. The van der Waals surface area contributed by atoms with E-state index in [1.807, 2.05) is 47.4 Å². The highest BCUT2D eigenvalue weighted by Gasteiger charge is 2.26. The van der Waals surface area contributed by atoms with Crippen molar-refractivity contribution in [3.63, 3.8) is 0 Å². The summed E-state index contributed by atoms with van der Waals surface area (Å²) in [5.41, 5.74) is 2.40. The van der Waals surface area contributed by atoms with E-state index in [0.29, 0.717) is 45.8 Å². The van der Waals surface area contributed by atoms with Crippen molar-refractivity contribution in [3.05, 3.63) is 53.7 Å². The van der Waals surface area contributed by atoms with Crippen molar-refractivity contribution in [2.75, 3.05) is 82.3 Å². The number of hydrogen-bond donors (Lipinski definition) is 2. The van der Waals surface area contributed by atoms with E-state index in [1.165, 1.54) is 6.20 Å². The van der Waals surface area contributed by atoms with Gasteiger partial charge in [-0.25, -0.2) is 9.78 Å². The Bertz CT molecular complexity index is 1510. The molecular weight excluding hydrogens is 601 g/mol. The maximum Gasteiger partial charge on any atom is 0.410 e. The normalized spacial score (nSPS) is 16.8. The quantitative estimate of drug-likeness (QED) is 0.301. The van der Waals surface area contributed by atoms with Gasteiger partial charge in [-0.3, -0.25) is 0 Å². The van der Waals surface area contributed by atoms with Crippen LogP contribution in [0.4, 0.5) is 33.6 Å². The summed E-state index contributed by atoms with van der Waals surface area (Å²) in [6, 6.07) is 13.4. The van der Waals surface area contributed by atoms with Crippen LogP contribution >= 0.6 is 18.7 Å². The van der Waals surface area contributed by atoms with Gasteiger partial charge in [-0.15, -0.1) is 0 Å². The number of ether oxygens (including phenoxy) is 2. The summed E-state index contributed by atoms with van der Waals surface area (Å²) in [5, 5.41) is 7.51. The van der Waals surface area contributed by atoms with Gasteiger partial charge in [0.1, 0.15) is 24.0 Å². The van der Waals surface area contributed by atoms with Crippen molar-refractivity contribution in [3.8, 4) is 5.75 Å². The third-order valence-corrected chi connectivity index (χ3v) is 9.79. The van der Waals surface area contributed by atoms with E-state index in [2.05, 4.69) is 37.4 Å². The minimum absolute atomic E-state index is 0.0824. The number of methoxy groups -OCH3 is 1. The van der Waals surface area contributed by atoms with Crippen LogP contribution in [0.2, 0.25) is 5.02 Å². The first-order valence-corrected chi connectivity index (χ1v) is 17.9. The molecule has 1 amide bonds. The number of hydrogen-bond acceptors (Lipinski definition) is 10. The number of piperidine rings is 1. The Hall–Kier alpha value is -3.53. The number of halogens is 1. The summed E-state index contributed by atoms with van der Waals surface area (Å²) in [4.78, 5) is 28.0. The van der Waals surface area contributed by atoms with Crippen molar-refractivity contribution in [2.45, 2.75) is 25.4 Å². The van der Waals surface area contributed by atoms with Crippen LogP contribution in [-0.2, 0) is 9.30 Å². The van der Waals surface area contributed by atoms with Crippen molar-refractivity contribution < 1.29 is 18.8 Å². The summed E-state index contributed by atoms with van der Waals surface area (Å²) >= 11 is 6.42. The standard InChI is InChI=1S/C31H41ClN7O4P/c1-37-14-7-15-39(19-18-37)31(40)43-23-12-16-38(17-13-23)22-10-11-25(27(20-22)42-2)35-30-33-21-24(32)29(36-30)34-26-8-5-6-9-28(26)44(3,4)41/h5-6,8-11,20-21,23H,7,12-19H2,1-4H3,(H2,33,34,35,36). The van der Waals surface area contributed by atoms with E-state index in [1.54, 1.807) is 20.4 Å². The average Bonchev–Trinajstić information content (AvgIpc) is 3.23. The number of benzene rings is 2. The number of likely N-dealkylation sites (N-methyl/N-ethyl adjacent to an activating group) is 1. The molecule has 0 saturated carbocycles. The SMILES string of the molecule is COc1cc(N2CCC(OC(=O)N3CCCN(C)CC3)CC2)ccc1Nc1ncc(Cl)c(Nc2ccccc2P(C)(C)=O)n1. The predicted octanol–water partition coefficient (Wildman–Crippen LogP) is 5.62. The van der Waals surface area contributed by atoms with E-state index < -0.39 is 7.14 Å². The second kappa shape index (κ2) is 14.1. The van der Waals surface area contributed by atoms with Gasteiger partial charge in [-0.2, -0.15) is 4.98 Å². The van der Waals surface area contributed by atoms with Crippen LogP contribution in [0.15, 0.2) is 48.7 Å². The summed E-state index contributed by atoms with van der Waals surface area (Å²) < 4.78 is 24.4. The molecule has 0 unspecified atom stereocenters. The smallest absolute Gasteiger partial charge is 0.410 e. The first-order valence-electron chi connectivity index (χ1n) is 14.9. The molecular formula is C31H41ClN7O4P. The Kier molecular flexibility index (Phi) is 10.2. The van der Waals surface area contributed by atoms with E-state index in [0.717, 1.165) is 57.7 Å². The number of carbonyl (C=O) groups excluding carboxylic acids is 1. The fourth-order valence-corrected chi connectivity index (χ4v) is 6.76. The summed E-state index contributed by atoms with van der Waals surface area (Å²) in [6.45, 7) is 8.34. The molecule has 11 nitrogen and oxygen atoms in total. The Labute approximate surface area is 264 Å². The molecule has 2 aliphatic heterocycles. The highest BCUT2D eigenvalue weighted by atomic mass is 35.5. The van der Waals surface area contributed by atoms with Gasteiger partial charge in [-0.05, 0) is 57.6 Å². The van der Waals surface area contributed by atoms with Crippen molar-refractivity contribution >= 4 is 59.0 Å². The molecule has 3 aromatic rings. The van der Waals surface area contributed by atoms with Crippen LogP contribution < -0.4 is 25.6 Å². The summed E-state index contributed by atoms with van der Waals surface area (Å²) in [7, 11) is 1.18. The lowest BCUT2D eigenvalue weighted by Gasteiger charge is -2.34. The van der Waals surface area contributed by atoms with Crippen molar-refractivity contribution in [1.82, 2.24) is 19.8 Å². The highest BCUT2D eigenvalue weighted by Crippen LogP contribution is 2.39. The fourth-order valence-electron chi connectivity index (χ4n) is 5.47. The lowest BCUT2D eigenvalue weighted by Crippen LogP contribution is -2.41. The Morgan fingerprint density at radius 2 is 1.77 bits per heavy atom. The molecule has 0 bridgehead atoms. The first kappa shape index (κ1) is 31.9. The number of nitrogens with one attached hydrogen (secondary N) is 2. The lowest BCUT2D eigenvalue weighted by atomic mass is 10.1. The fraction of sp³-hybridized carbons (Fsp3) is 0.452. The number of rotatable bonds is 8. The summed E-state index contributed by atoms with van der Waals surface area (Å²) in [6.07, 6.45) is 3.74. The zero-order valence-electron chi connectivity index (χ0n) is 25.8. The number of carbonyl (C=O) groups is 1. The van der Waals surface area contributed by atoms with Gasteiger partial charge in [0.2, 0.25) is 5.95 Å². The van der Waals surface area contributed by atoms with Gasteiger partial charge in [0.05, 0.1) is 24.7 Å². The lowest BCUT2D eigenvalue weighted by molar-refractivity contribution is 0.0528. The molecule has 0 spiro atoms. The average molecular weight is 642 g/mol. The third kappa shape index (κ3) is 7.94. The molecule has 2 aliphatic rings. The molecule has 1 aromatic heterocycles. The zero-order valence-corrected chi connectivity index (χ0v) is 27.4. The molecule has 13 heteroatoms. The molecule has 0 atom stereocenters. The maximum absolute atomic E-state index is 12.8. The van der Waals surface area contributed by atoms with Crippen LogP contribution in [0.25, 0.3) is 0 Å². The zero-order chi connectivity index (χ0) is 31.3. The molecule has 5 rings (SSSR count). The Morgan fingerprint density at radius 1 is 1.00 bits per heavy atom. The molecule has 2 fully saturated rings. The van der Waals surface area contributed by atoms with Gasteiger partial charge < -0.3 is 39.4 Å². The van der Waals surface area contributed by atoms with Gasteiger partial charge in [-0.1, -0.05) is 23.7 Å². The Balaban J connectivity index is 1.21. The van der Waals surface area contributed by atoms with E-state index in [4.69, 9.17) is 21.1 Å². The monoisotopic (exact) mass is 641 g/mol. The van der Waals surface area contributed by atoms with Crippen LogP contribution in [0, 0.1) is 0 Å². The Morgan fingerprint density at radius 3 is 2.52 bits per heavy atom. The topological polar surface area (TPSA) is 112 Å². The maximum atomic E-state index is 12.8. The number of anilines is 5. The van der Waals surface area contributed by atoms with Crippen molar-refractivity contribution in [1.29, 1.82) is 0 Å². The first-order chi connectivity index (χ1) is 21.1. The van der Waals surface area contributed by atoms with Gasteiger partial charge >= 0.3 is 6.09 Å². The molecule has 44 heavy (non-hydrogen) atoms. The number of aromatic nitrogens is 2. The molecule has 2 N–H and O–H groups in total. The van der Waals surface area contributed by atoms with Gasteiger partial charge in [0, 0.05) is 62.6 Å². The van der Waals surface area contributed by atoms with Crippen LogP contribution in [0.5, 0.6) is 5.75 Å². The van der Waals surface area contributed by atoms with Gasteiger partial charge in [0.25, 0.3) is 0 Å². The molecule has 2 aromatic carbocycles. The highest BCUT2D eigenvalue weighted by molar-refractivity contribution is 7.70. The minimum Gasteiger partial charge on any atom is -0.494 e. The summed E-state index contributed by atoms with van der Waals surface area (Å²) in [5.74, 6) is 1.36. The third-order valence-electron chi connectivity index (χ3n) is 7.97. The molecule has 0 radical (unpaired) electrons. The molecule has 236 valence electrons. The van der Waals surface area contributed by atoms with Crippen LogP contribution in [-0.4, -0.2) is 98.7 Å². The second-order valence-electron chi connectivity index (χ2n) is 11.6. The number of nitrogens with zero attached hydrogens (tertiary/aromatic N) is 5. The van der Waals surface area contributed by atoms with Crippen molar-refractivity contribution in [2.24, 2.45) is 0 Å². The molecule has 0 aliphatic carbocycles. The van der Waals surface area contributed by atoms with E-state index in [-0.39, 0.29) is 12.2 Å². The number of para-hydroxylation sites is 1. The molecule has 2 saturated heterocycles.